The van der Waals surface area contributed by atoms with Crippen LogP contribution in [0.1, 0.15) is 37.0 Å². The summed E-state index contributed by atoms with van der Waals surface area (Å²) in [5.74, 6) is 1.46. The van der Waals surface area contributed by atoms with E-state index in [2.05, 4.69) is 12.2 Å². The maximum absolute atomic E-state index is 12.4. The molecular formula is C21H27NO3. The van der Waals surface area contributed by atoms with Crippen molar-refractivity contribution >= 4 is 5.91 Å². The highest BCUT2D eigenvalue weighted by atomic mass is 16.5. The Hall–Kier alpha value is -2.49. The summed E-state index contributed by atoms with van der Waals surface area (Å²) in [6.45, 7) is 9.11. The molecule has 2 rings (SSSR count). The zero-order valence-electron chi connectivity index (χ0n) is 15.5. The summed E-state index contributed by atoms with van der Waals surface area (Å²) >= 11 is 0. The van der Waals surface area contributed by atoms with Crippen molar-refractivity contribution < 1.29 is 14.3 Å². The Balaban J connectivity index is 1.91. The fraction of sp³-hybridized carbons (Fsp3) is 0.381. The minimum Gasteiger partial charge on any atom is -0.494 e. The first kappa shape index (κ1) is 18.8. The van der Waals surface area contributed by atoms with E-state index in [0.29, 0.717) is 19.6 Å². The van der Waals surface area contributed by atoms with Crippen molar-refractivity contribution in [1.82, 2.24) is 5.32 Å². The van der Waals surface area contributed by atoms with Crippen LogP contribution in [0.5, 0.6) is 11.5 Å². The van der Waals surface area contributed by atoms with E-state index in [1.165, 1.54) is 5.56 Å². The molecule has 2 aromatic carbocycles. The molecule has 4 heteroatoms. The van der Waals surface area contributed by atoms with Crippen LogP contribution in [0.25, 0.3) is 0 Å². The first-order valence-corrected chi connectivity index (χ1v) is 8.76. The van der Waals surface area contributed by atoms with Crippen LogP contribution in [-0.4, -0.2) is 18.6 Å². The number of amides is 1. The second-order valence-corrected chi connectivity index (χ2v) is 6.06. The van der Waals surface area contributed by atoms with Crippen LogP contribution in [0.2, 0.25) is 0 Å². The van der Waals surface area contributed by atoms with Gasteiger partial charge in [0.25, 0.3) is 5.91 Å². The number of hydrogen-bond donors (Lipinski definition) is 1. The van der Waals surface area contributed by atoms with Gasteiger partial charge in [-0.15, -0.1) is 0 Å². The van der Waals surface area contributed by atoms with E-state index in [-0.39, 0.29) is 5.91 Å². The van der Waals surface area contributed by atoms with Crippen molar-refractivity contribution in [2.45, 2.75) is 46.8 Å². The summed E-state index contributed by atoms with van der Waals surface area (Å²) < 4.78 is 11.3. The molecule has 0 heterocycles. The molecule has 0 aromatic heterocycles. The lowest BCUT2D eigenvalue weighted by Crippen LogP contribution is -2.37. The first-order valence-electron chi connectivity index (χ1n) is 8.76. The molecule has 1 N–H and O–H groups in total. The lowest BCUT2D eigenvalue weighted by Gasteiger charge is -2.18. The molecule has 1 atom stereocenters. The van der Waals surface area contributed by atoms with Crippen LogP contribution in [0.4, 0.5) is 0 Å². The van der Waals surface area contributed by atoms with Crippen LogP contribution in [0, 0.1) is 13.8 Å². The van der Waals surface area contributed by atoms with E-state index < -0.39 is 6.10 Å². The lowest BCUT2D eigenvalue weighted by atomic mass is 10.1. The fourth-order valence-electron chi connectivity index (χ4n) is 2.45. The van der Waals surface area contributed by atoms with Gasteiger partial charge in [-0.05, 0) is 68.1 Å². The van der Waals surface area contributed by atoms with Crippen LogP contribution in [0.15, 0.2) is 42.5 Å². The van der Waals surface area contributed by atoms with Gasteiger partial charge in [-0.1, -0.05) is 25.1 Å². The SMILES string of the molecule is CCOc1ccc(CNC(=O)[C@H](CC)Oc2ccc(C)c(C)c2)cc1. The van der Waals surface area contributed by atoms with E-state index in [4.69, 9.17) is 9.47 Å². The van der Waals surface area contributed by atoms with Crippen molar-refractivity contribution in [1.29, 1.82) is 0 Å². The number of ether oxygens (including phenoxy) is 2. The Bertz CT molecular complexity index is 695. The molecule has 4 nitrogen and oxygen atoms in total. The summed E-state index contributed by atoms with van der Waals surface area (Å²) in [5.41, 5.74) is 3.39. The van der Waals surface area contributed by atoms with E-state index in [9.17, 15) is 4.79 Å². The molecule has 0 saturated heterocycles. The highest BCUT2D eigenvalue weighted by Gasteiger charge is 2.18. The van der Waals surface area contributed by atoms with Crippen LogP contribution in [-0.2, 0) is 11.3 Å². The van der Waals surface area contributed by atoms with Crippen molar-refractivity contribution in [3.05, 3.63) is 59.2 Å². The van der Waals surface area contributed by atoms with E-state index in [1.54, 1.807) is 0 Å². The number of benzene rings is 2. The lowest BCUT2D eigenvalue weighted by molar-refractivity contribution is -0.128. The van der Waals surface area contributed by atoms with Crippen molar-refractivity contribution in [2.24, 2.45) is 0 Å². The van der Waals surface area contributed by atoms with Gasteiger partial charge in [0.15, 0.2) is 6.10 Å². The van der Waals surface area contributed by atoms with Gasteiger partial charge < -0.3 is 14.8 Å². The second-order valence-electron chi connectivity index (χ2n) is 6.06. The fourth-order valence-corrected chi connectivity index (χ4v) is 2.45. The number of carbonyl (C=O) groups is 1. The first-order chi connectivity index (χ1) is 12.0. The standard InChI is InChI=1S/C21H27NO3/c1-5-20(25-19-10-7-15(3)16(4)13-19)21(23)22-14-17-8-11-18(12-9-17)24-6-2/h7-13,20H,5-6,14H2,1-4H3,(H,22,23)/t20-/m0/s1. The molecule has 1 amide bonds. The Morgan fingerprint density at radius 3 is 2.28 bits per heavy atom. The summed E-state index contributed by atoms with van der Waals surface area (Å²) in [5, 5.41) is 2.94. The largest absolute Gasteiger partial charge is 0.494 e. The van der Waals surface area contributed by atoms with Crippen molar-refractivity contribution in [3.63, 3.8) is 0 Å². The molecule has 0 aliphatic rings. The quantitative estimate of drug-likeness (QED) is 0.784. The molecule has 0 fully saturated rings. The Morgan fingerprint density at radius 1 is 1.00 bits per heavy atom. The number of nitrogens with one attached hydrogen (secondary N) is 1. The van der Waals surface area contributed by atoms with Gasteiger partial charge in [0.2, 0.25) is 0 Å². The van der Waals surface area contributed by atoms with Crippen LogP contribution in [0.3, 0.4) is 0 Å². The molecule has 0 saturated carbocycles. The zero-order chi connectivity index (χ0) is 18.2. The van der Waals surface area contributed by atoms with E-state index in [1.807, 2.05) is 63.2 Å². The highest BCUT2D eigenvalue weighted by molar-refractivity contribution is 5.81. The molecule has 0 radical (unpaired) electrons. The van der Waals surface area contributed by atoms with Gasteiger partial charge in [0, 0.05) is 6.54 Å². The molecule has 0 aliphatic carbocycles. The van der Waals surface area contributed by atoms with Gasteiger partial charge in [-0.25, -0.2) is 0 Å². The third-order valence-corrected chi connectivity index (χ3v) is 4.12. The van der Waals surface area contributed by atoms with Crippen molar-refractivity contribution in [2.75, 3.05) is 6.61 Å². The molecule has 2 aromatic rings. The monoisotopic (exact) mass is 341 g/mol. The molecular weight excluding hydrogens is 314 g/mol. The summed E-state index contributed by atoms with van der Waals surface area (Å²) in [6.07, 6.45) is 0.118. The molecule has 134 valence electrons. The predicted molar refractivity (Wildman–Crippen MR) is 100 cm³/mol. The average Bonchev–Trinajstić information content (AvgIpc) is 2.62. The second kappa shape index (κ2) is 9.11. The predicted octanol–water partition coefficient (Wildman–Crippen LogP) is 4.18. The summed E-state index contributed by atoms with van der Waals surface area (Å²) in [4.78, 5) is 12.4. The highest BCUT2D eigenvalue weighted by Crippen LogP contribution is 2.19. The molecule has 0 bridgehead atoms. The minimum atomic E-state index is -0.496. The maximum atomic E-state index is 12.4. The van der Waals surface area contributed by atoms with Gasteiger partial charge >= 0.3 is 0 Å². The molecule has 25 heavy (non-hydrogen) atoms. The third-order valence-electron chi connectivity index (χ3n) is 4.12. The summed E-state index contributed by atoms with van der Waals surface area (Å²) in [7, 11) is 0. The van der Waals surface area contributed by atoms with Gasteiger partial charge in [-0.3, -0.25) is 4.79 Å². The van der Waals surface area contributed by atoms with Crippen molar-refractivity contribution in [3.8, 4) is 11.5 Å². The zero-order valence-corrected chi connectivity index (χ0v) is 15.5. The van der Waals surface area contributed by atoms with Gasteiger partial charge in [0.05, 0.1) is 6.61 Å². The molecule has 0 spiro atoms. The Labute approximate surface area is 150 Å². The molecule has 0 aliphatic heterocycles. The van der Waals surface area contributed by atoms with E-state index >= 15 is 0 Å². The number of aryl methyl sites for hydroxylation is 2. The topological polar surface area (TPSA) is 47.6 Å². The molecule has 0 unspecified atom stereocenters. The Kier molecular flexibility index (Phi) is 6.87. The maximum Gasteiger partial charge on any atom is 0.261 e. The number of carbonyl (C=O) groups excluding carboxylic acids is 1. The number of hydrogen-bond acceptors (Lipinski definition) is 3. The average molecular weight is 341 g/mol. The smallest absolute Gasteiger partial charge is 0.261 e. The van der Waals surface area contributed by atoms with Crippen LogP contribution >= 0.6 is 0 Å². The third kappa shape index (κ3) is 5.52. The Morgan fingerprint density at radius 2 is 1.68 bits per heavy atom. The normalized spacial score (nSPS) is 11.7. The van der Waals surface area contributed by atoms with Gasteiger partial charge in [-0.2, -0.15) is 0 Å². The van der Waals surface area contributed by atoms with Gasteiger partial charge in [0.1, 0.15) is 11.5 Å². The minimum absolute atomic E-state index is 0.102. The summed E-state index contributed by atoms with van der Waals surface area (Å²) in [6, 6.07) is 13.6. The van der Waals surface area contributed by atoms with E-state index in [0.717, 1.165) is 22.6 Å². The number of rotatable bonds is 8. The van der Waals surface area contributed by atoms with Crippen LogP contribution < -0.4 is 14.8 Å².